The third-order valence-electron chi connectivity index (χ3n) is 4.91. The molecule has 0 saturated carbocycles. The van der Waals surface area contributed by atoms with Gasteiger partial charge in [-0.2, -0.15) is 8.96 Å². The Hall–Kier alpha value is -3.50. The van der Waals surface area contributed by atoms with Crippen molar-refractivity contribution in [3.63, 3.8) is 0 Å². The van der Waals surface area contributed by atoms with E-state index in [1.165, 1.54) is 23.9 Å². The molecule has 10 heteroatoms. The zero-order chi connectivity index (χ0) is 23.4. The minimum absolute atomic E-state index is 0.00411. The van der Waals surface area contributed by atoms with Gasteiger partial charge in [-0.25, -0.2) is 9.59 Å². The summed E-state index contributed by atoms with van der Waals surface area (Å²) in [6, 6.07) is 16.2. The first-order valence-corrected chi connectivity index (χ1v) is 11.1. The number of rotatable bonds is 6. The Labute approximate surface area is 191 Å². The fourth-order valence-electron chi connectivity index (χ4n) is 3.30. The third-order valence-corrected chi connectivity index (χ3v) is 6.09. The van der Waals surface area contributed by atoms with Crippen molar-refractivity contribution in [2.24, 2.45) is 0 Å². The average molecular weight is 470 g/mol. The van der Waals surface area contributed by atoms with Crippen molar-refractivity contribution in [2.45, 2.75) is 18.1 Å². The second-order valence-corrected chi connectivity index (χ2v) is 8.40. The number of benzene rings is 2. The third kappa shape index (κ3) is 5.12. The molecular weight excluding hydrogens is 451 g/mol. The summed E-state index contributed by atoms with van der Waals surface area (Å²) >= 11 is 1.38. The molecule has 0 amide bonds. The minimum atomic E-state index is -1.31. The van der Waals surface area contributed by atoms with Crippen LogP contribution in [0.15, 0.2) is 76.4 Å². The Bertz CT molecular complexity index is 1280. The van der Waals surface area contributed by atoms with Crippen molar-refractivity contribution >= 4 is 23.6 Å². The second-order valence-electron chi connectivity index (χ2n) is 7.21. The van der Waals surface area contributed by atoms with Crippen molar-refractivity contribution in [3.05, 3.63) is 105 Å². The summed E-state index contributed by atoms with van der Waals surface area (Å²) in [6.45, 7) is -0.0711. The van der Waals surface area contributed by atoms with Crippen molar-refractivity contribution in [1.29, 1.82) is 0 Å². The summed E-state index contributed by atoms with van der Waals surface area (Å²) in [5.74, 6) is -2.16. The van der Waals surface area contributed by atoms with Crippen LogP contribution in [0, 0.1) is 5.82 Å². The zero-order valence-corrected chi connectivity index (χ0v) is 18.1. The molecule has 1 aliphatic heterocycles. The van der Waals surface area contributed by atoms with Crippen molar-refractivity contribution < 1.29 is 23.5 Å². The minimum Gasteiger partial charge on any atom is -0.458 e. The van der Waals surface area contributed by atoms with Gasteiger partial charge >= 0.3 is 11.7 Å². The van der Waals surface area contributed by atoms with E-state index in [2.05, 4.69) is 0 Å². The SMILES string of the molecule is O=C(OC[C@@H]1O[C@H](Cn2cc(F)c(=O)n(C(=O)c3ccccc3)c2=O)CS1)c1ccccc1. The Morgan fingerprint density at radius 2 is 1.67 bits per heavy atom. The topological polar surface area (TPSA) is 96.6 Å². The van der Waals surface area contributed by atoms with E-state index in [0.717, 1.165) is 10.8 Å². The summed E-state index contributed by atoms with van der Waals surface area (Å²) < 4.78 is 26.6. The summed E-state index contributed by atoms with van der Waals surface area (Å²) in [6.07, 6.45) is 0.265. The van der Waals surface area contributed by atoms with E-state index in [0.29, 0.717) is 11.3 Å². The van der Waals surface area contributed by atoms with Crippen LogP contribution >= 0.6 is 11.8 Å². The molecule has 2 heterocycles. The first kappa shape index (κ1) is 22.7. The maximum absolute atomic E-state index is 14.3. The molecule has 0 aliphatic carbocycles. The Morgan fingerprint density at radius 3 is 2.33 bits per heavy atom. The van der Waals surface area contributed by atoms with E-state index in [1.54, 1.807) is 48.5 Å². The highest BCUT2D eigenvalue weighted by Crippen LogP contribution is 2.26. The number of nitrogens with zero attached hydrogens (tertiary/aromatic N) is 2. The second kappa shape index (κ2) is 9.97. The molecule has 170 valence electrons. The van der Waals surface area contributed by atoms with E-state index in [1.807, 2.05) is 0 Å². The monoisotopic (exact) mass is 470 g/mol. The van der Waals surface area contributed by atoms with Gasteiger partial charge in [-0.05, 0) is 24.3 Å². The lowest BCUT2D eigenvalue weighted by Gasteiger charge is -2.15. The summed E-state index contributed by atoms with van der Waals surface area (Å²) in [5.41, 5.74) is -2.22. The lowest BCUT2D eigenvalue weighted by atomic mass is 10.2. The molecule has 4 rings (SSSR count). The molecule has 3 aromatic rings. The normalized spacial score (nSPS) is 17.6. The highest BCUT2D eigenvalue weighted by Gasteiger charge is 2.29. The molecule has 2 atom stereocenters. The first-order chi connectivity index (χ1) is 15.9. The van der Waals surface area contributed by atoms with Gasteiger partial charge in [0, 0.05) is 11.3 Å². The highest BCUT2D eigenvalue weighted by atomic mass is 32.2. The van der Waals surface area contributed by atoms with Crippen LogP contribution in [0.25, 0.3) is 0 Å². The average Bonchev–Trinajstić information content (AvgIpc) is 3.29. The predicted octanol–water partition coefficient (Wildman–Crippen LogP) is 2.15. The summed E-state index contributed by atoms with van der Waals surface area (Å²) in [5, 5.41) is 0. The molecule has 1 saturated heterocycles. The molecule has 0 spiro atoms. The molecule has 1 aromatic heterocycles. The van der Waals surface area contributed by atoms with Gasteiger partial charge in [0.1, 0.15) is 12.0 Å². The van der Waals surface area contributed by atoms with Crippen LogP contribution in [-0.4, -0.2) is 44.9 Å². The van der Waals surface area contributed by atoms with Crippen LogP contribution in [0.5, 0.6) is 0 Å². The van der Waals surface area contributed by atoms with Crippen LogP contribution in [-0.2, 0) is 16.0 Å². The standard InChI is InChI=1S/C23H19FN2O6S/c24-18-12-25(23(30)26(21(18)28)20(27)15-7-3-1-4-8-15)11-17-14-33-19(32-17)13-31-22(29)16-9-5-2-6-10-16/h1-10,12,17,19H,11,13-14H2/t17-,19-/m1/s1. The number of esters is 1. The number of hydrogen-bond donors (Lipinski definition) is 0. The Morgan fingerprint density at radius 1 is 1.03 bits per heavy atom. The number of hydrogen-bond acceptors (Lipinski definition) is 7. The van der Waals surface area contributed by atoms with E-state index in [4.69, 9.17) is 9.47 Å². The smallest absolute Gasteiger partial charge is 0.338 e. The van der Waals surface area contributed by atoms with Crippen LogP contribution in [0.2, 0.25) is 0 Å². The van der Waals surface area contributed by atoms with Crippen molar-refractivity contribution in [3.8, 4) is 0 Å². The molecule has 8 nitrogen and oxygen atoms in total. The number of aromatic nitrogens is 2. The maximum atomic E-state index is 14.3. The van der Waals surface area contributed by atoms with Crippen LogP contribution in [0.1, 0.15) is 20.7 Å². The molecule has 2 aromatic carbocycles. The van der Waals surface area contributed by atoms with E-state index >= 15 is 0 Å². The molecule has 0 bridgehead atoms. The molecular formula is C23H19FN2O6S. The lowest BCUT2D eigenvalue weighted by molar-refractivity contribution is 0.00434. The van der Waals surface area contributed by atoms with Gasteiger partial charge < -0.3 is 9.47 Å². The summed E-state index contributed by atoms with van der Waals surface area (Å²) in [7, 11) is 0. The molecule has 1 aliphatic rings. The van der Waals surface area contributed by atoms with Gasteiger partial charge in [0.2, 0.25) is 5.82 Å². The highest BCUT2D eigenvalue weighted by molar-refractivity contribution is 8.00. The van der Waals surface area contributed by atoms with Crippen molar-refractivity contribution in [1.82, 2.24) is 9.13 Å². The summed E-state index contributed by atoms with van der Waals surface area (Å²) in [4.78, 5) is 49.7. The molecule has 1 fully saturated rings. The predicted molar refractivity (Wildman–Crippen MR) is 119 cm³/mol. The fraction of sp³-hybridized carbons (Fsp3) is 0.217. The fourth-order valence-corrected chi connectivity index (χ4v) is 4.31. The van der Waals surface area contributed by atoms with Gasteiger partial charge in [0.15, 0.2) is 0 Å². The van der Waals surface area contributed by atoms with Crippen LogP contribution in [0.4, 0.5) is 4.39 Å². The van der Waals surface area contributed by atoms with Gasteiger partial charge in [-0.3, -0.25) is 14.2 Å². The molecule has 33 heavy (non-hydrogen) atoms. The van der Waals surface area contributed by atoms with Crippen LogP contribution < -0.4 is 11.2 Å². The van der Waals surface area contributed by atoms with Crippen LogP contribution in [0.3, 0.4) is 0 Å². The van der Waals surface area contributed by atoms with E-state index in [-0.39, 0.29) is 23.3 Å². The number of carbonyl (C=O) groups excluding carboxylic acids is 2. The molecule has 0 unspecified atom stereocenters. The number of ether oxygens (including phenoxy) is 2. The van der Waals surface area contributed by atoms with Gasteiger partial charge in [-0.1, -0.05) is 36.4 Å². The van der Waals surface area contributed by atoms with E-state index < -0.39 is 40.5 Å². The van der Waals surface area contributed by atoms with Gasteiger partial charge in [0.25, 0.3) is 11.5 Å². The number of thioether (sulfide) groups is 1. The van der Waals surface area contributed by atoms with Gasteiger partial charge in [-0.15, -0.1) is 11.8 Å². The Balaban J connectivity index is 1.44. The largest absolute Gasteiger partial charge is 0.458 e. The quantitative estimate of drug-likeness (QED) is 0.510. The lowest BCUT2D eigenvalue weighted by Crippen LogP contribution is -2.46. The number of halogens is 1. The zero-order valence-electron chi connectivity index (χ0n) is 17.3. The Kier molecular flexibility index (Phi) is 6.85. The van der Waals surface area contributed by atoms with Crippen molar-refractivity contribution in [2.75, 3.05) is 12.4 Å². The molecule has 0 N–H and O–H groups in total. The van der Waals surface area contributed by atoms with Gasteiger partial charge in [0.05, 0.1) is 24.4 Å². The maximum Gasteiger partial charge on any atom is 0.338 e. The van der Waals surface area contributed by atoms with E-state index in [9.17, 15) is 23.6 Å². The molecule has 0 radical (unpaired) electrons. The first-order valence-electron chi connectivity index (χ1n) is 10.0. The number of carbonyl (C=O) groups is 2.